The van der Waals surface area contributed by atoms with Crippen LogP contribution in [0.15, 0.2) is 0 Å². The van der Waals surface area contributed by atoms with Crippen LogP contribution in [-0.2, 0) is 9.53 Å². The van der Waals surface area contributed by atoms with Gasteiger partial charge in [-0.3, -0.25) is 9.53 Å². The van der Waals surface area contributed by atoms with Gasteiger partial charge in [-0.2, -0.15) is 0 Å². The van der Waals surface area contributed by atoms with E-state index in [1.165, 1.54) is 4.90 Å². The van der Waals surface area contributed by atoms with Gasteiger partial charge < -0.3 is 10.2 Å². The van der Waals surface area contributed by atoms with E-state index in [0.29, 0.717) is 6.54 Å². The Bertz CT molecular complexity index is 197. The minimum Gasteiger partial charge on any atom is -0.345 e. The first-order valence-electron chi connectivity index (χ1n) is 4.52. The zero-order valence-electron chi connectivity index (χ0n) is 8.73. The summed E-state index contributed by atoms with van der Waals surface area (Å²) >= 11 is 0. The number of carbonyl (C=O) groups is 1. The number of nitrogens with one attached hydrogen (secondary N) is 1. The molecule has 0 aromatic rings. The van der Waals surface area contributed by atoms with E-state index in [4.69, 9.17) is 0 Å². The first kappa shape index (κ1) is 14.2. The van der Waals surface area contributed by atoms with E-state index in [9.17, 15) is 18.0 Å². The SMILES string of the molecule is CCN(C)C(=O)CNCCOC(F)(F)F. The summed E-state index contributed by atoms with van der Waals surface area (Å²) in [6.07, 6.45) is -4.61. The highest BCUT2D eigenvalue weighted by Gasteiger charge is 2.28. The Labute approximate surface area is 86.4 Å². The summed E-state index contributed by atoms with van der Waals surface area (Å²) in [7, 11) is 1.62. The molecule has 1 N–H and O–H groups in total. The Kier molecular flexibility index (Phi) is 6.26. The number of likely N-dealkylation sites (N-methyl/N-ethyl adjacent to an activating group) is 1. The molecule has 0 aliphatic carbocycles. The molecule has 0 radical (unpaired) electrons. The molecule has 0 heterocycles. The first-order chi connectivity index (χ1) is 6.87. The van der Waals surface area contributed by atoms with Crippen molar-refractivity contribution in [1.29, 1.82) is 0 Å². The largest absolute Gasteiger partial charge is 0.522 e. The van der Waals surface area contributed by atoms with Gasteiger partial charge in [-0.1, -0.05) is 0 Å². The van der Waals surface area contributed by atoms with Crippen molar-refractivity contribution in [2.75, 3.05) is 33.3 Å². The normalized spacial score (nSPS) is 11.5. The van der Waals surface area contributed by atoms with Crippen LogP contribution in [0.4, 0.5) is 13.2 Å². The Balaban J connectivity index is 3.43. The van der Waals surface area contributed by atoms with Crippen LogP contribution in [0.2, 0.25) is 0 Å². The van der Waals surface area contributed by atoms with Gasteiger partial charge in [0.15, 0.2) is 0 Å². The van der Waals surface area contributed by atoms with Gasteiger partial charge >= 0.3 is 6.36 Å². The van der Waals surface area contributed by atoms with Gasteiger partial charge in [-0.15, -0.1) is 13.2 Å². The van der Waals surface area contributed by atoms with E-state index in [1.807, 2.05) is 6.92 Å². The van der Waals surface area contributed by atoms with Crippen LogP contribution in [-0.4, -0.2) is 50.5 Å². The van der Waals surface area contributed by atoms with Crippen molar-refractivity contribution in [1.82, 2.24) is 10.2 Å². The molecule has 0 rings (SSSR count). The fourth-order valence-corrected chi connectivity index (χ4v) is 0.746. The zero-order chi connectivity index (χ0) is 11.9. The molecular weight excluding hydrogens is 213 g/mol. The molecule has 0 saturated heterocycles. The summed E-state index contributed by atoms with van der Waals surface area (Å²) < 4.78 is 38.0. The number of rotatable bonds is 6. The number of amides is 1. The van der Waals surface area contributed by atoms with Gasteiger partial charge in [-0.25, -0.2) is 0 Å². The maximum atomic E-state index is 11.5. The average molecular weight is 228 g/mol. The molecule has 15 heavy (non-hydrogen) atoms. The van der Waals surface area contributed by atoms with Crippen molar-refractivity contribution in [3.8, 4) is 0 Å². The van der Waals surface area contributed by atoms with Crippen molar-refractivity contribution in [2.24, 2.45) is 0 Å². The molecular formula is C8H15F3N2O2. The molecule has 90 valence electrons. The van der Waals surface area contributed by atoms with Crippen molar-refractivity contribution < 1.29 is 22.7 Å². The number of hydrogen-bond acceptors (Lipinski definition) is 3. The molecule has 0 bridgehead atoms. The molecule has 1 amide bonds. The van der Waals surface area contributed by atoms with E-state index in [0.717, 1.165) is 0 Å². The molecule has 0 aromatic carbocycles. The second-order valence-corrected chi connectivity index (χ2v) is 2.88. The standard InChI is InChI=1S/C8H15F3N2O2/c1-3-13(2)7(14)6-12-4-5-15-8(9,10)11/h12H,3-6H2,1-2H3. The van der Waals surface area contributed by atoms with E-state index in [2.05, 4.69) is 10.1 Å². The fraction of sp³-hybridized carbons (Fsp3) is 0.875. The van der Waals surface area contributed by atoms with Crippen LogP contribution in [0.1, 0.15) is 6.92 Å². The van der Waals surface area contributed by atoms with Crippen molar-refractivity contribution in [3.63, 3.8) is 0 Å². The second kappa shape index (κ2) is 6.62. The summed E-state index contributed by atoms with van der Waals surface area (Å²) in [5, 5.41) is 2.56. The van der Waals surface area contributed by atoms with Gasteiger partial charge in [0.05, 0.1) is 13.2 Å². The summed E-state index contributed by atoms with van der Waals surface area (Å²) in [5.41, 5.74) is 0. The van der Waals surface area contributed by atoms with E-state index in [1.54, 1.807) is 7.05 Å². The van der Waals surface area contributed by atoms with Crippen molar-refractivity contribution in [3.05, 3.63) is 0 Å². The third kappa shape index (κ3) is 8.19. The lowest BCUT2D eigenvalue weighted by atomic mass is 10.5. The Hall–Kier alpha value is -0.820. The van der Waals surface area contributed by atoms with E-state index < -0.39 is 13.0 Å². The highest BCUT2D eigenvalue weighted by Crippen LogP contribution is 2.14. The molecule has 0 fully saturated rings. The molecule has 7 heteroatoms. The molecule has 0 unspecified atom stereocenters. The zero-order valence-corrected chi connectivity index (χ0v) is 8.73. The third-order valence-corrected chi connectivity index (χ3v) is 1.72. The second-order valence-electron chi connectivity index (χ2n) is 2.88. The van der Waals surface area contributed by atoms with Crippen molar-refractivity contribution in [2.45, 2.75) is 13.3 Å². The molecule has 0 saturated carbocycles. The maximum absolute atomic E-state index is 11.5. The van der Waals surface area contributed by atoms with E-state index in [-0.39, 0.29) is 19.0 Å². The molecule has 0 aliphatic heterocycles. The molecule has 0 aliphatic rings. The van der Waals surface area contributed by atoms with Crippen LogP contribution in [0.5, 0.6) is 0 Å². The highest BCUT2D eigenvalue weighted by atomic mass is 19.4. The average Bonchev–Trinajstić information content (AvgIpc) is 2.14. The van der Waals surface area contributed by atoms with Gasteiger partial charge in [-0.05, 0) is 6.92 Å². The van der Waals surface area contributed by atoms with Gasteiger partial charge in [0.2, 0.25) is 5.91 Å². The number of halogens is 3. The Morgan fingerprint density at radius 3 is 2.53 bits per heavy atom. The Morgan fingerprint density at radius 2 is 2.07 bits per heavy atom. The smallest absolute Gasteiger partial charge is 0.345 e. The summed E-state index contributed by atoms with van der Waals surface area (Å²) in [5.74, 6) is -0.162. The minimum absolute atomic E-state index is 0.0111. The maximum Gasteiger partial charge on any atom is 0.522 e. The van der Waals surface area contributed by atoms with Gasteiger partial charge in [0, 0.05) is 20.1 Å². The summed E-state index contributed by atoms with van der Waals surface area (Å²) in [4.78, 5) is 12.6. The third-order valence-electron chi connectivity index (χ3n) is 1.72. The minimum atomic E-state index is -4.61. The highest BCUT2D eigenvalue weighted by molar-refractivity contribution is 5.77. The van der Waals surface area contributed by atoms with Gasteiger partial charge in [0.25, 0.3) is 0 Å². The summed E-state index contributed by atoms with van der Waals surface area (Å²) in [6.45, 7) is 1.89. The van der Waals surface area contributed by atoms with Crippen LogP contribution in [0, 0.1) is 0 Å². The lowest BCUT2D eigenvalue weighted by Crippen LogP contribution is -2.37. The molecule has 4 nitrogen and oxygen atoms in total. The number of alkyl halides is 3. The molecule has 0 atom stereocenters. The topological polar surface area (TPSA) is 41.6 Å². The molecule has 0 spiro atoms. The lowest BCUT2D eigenvalue weighted by Gasteiger charge is -2.14. The predicted molar refractivity (Wildman–Crippen MR) is 48.2 cm³/mol. The monoisotopic (exact) mass is 228 g/mol. The van der Waals surface area contributed by atoms with Crippen molar-refractivity contribution >= 4 is 5.91 Å². The Morgan fingerprint density at radius 1 is 1.47 bits per heavy atom. The fourth-order valence-electron chi connectivity index (χ4n) is 0.746. The first-order valence-corrected chi connectivity index (χ1v) is 4.52. The number of hydrogen-bond donors (Lipinski definition) is 1. The predicted octanol–water partition coefficient (Wildman–Crippen LogP) is 0.591. The number of carbonyl (C=O) groups excluding carboxylic acids is 1. The number of nitrogens with zero attached hydrogens (tertiary/aromatic N) is 1. The van der Waals surface area contributed by atoms with Crippen LogP contribution in [0.25, 0.3) is 0 Å². The van der Waals surface area contributed by atoms with Crippen LogP contribution in [0.3, 0.4) is 0 Å². The van der Waals surface area contributed by atoms with Gasteiger partial charge in [0.1, 0.15) is 0 Å². The quantitative estimate of drug-likeness (QED) is 0.676. The molecule has 0 aromatic heterocycles. The number of ether oxygens (including phenoxy) is 1. The van der Waals surface area contributed by atoms with Crippen LogP contribution >= 0.6 is 0 Å². The van der Waals surface area contributed by atoms with E-state index >= 15 is 0 Å². The lowest BCUT2D eigenvalue weighted by molar-refractivity contribution is -0.323. The van der Waals surface area contributed by atoms with Crippen LogP contribution < -0.4 is 5.32 Å². The summed E-state index contributed by atoms with van der Waals surface area (Å²) in [6, 6.07) is 0.